The molecular weight excluding hydrogens is 354 g/mol. The second kappa shape index (κ2) is 7.67. The van der Waals surface area contributed by atoms with Crippen molar-refractivity contribution in [3.05, 3.63) is 60.0 Å². The third kappa shape index (κ3) is 4.09. The number of rotatable bonds is 7. The molecule has 0 fully saturated rings. The van der Waals surface area contributed by atoms with Crippen molar-refractivity contribution in [2.45, 2.75) is 18.2 Å². The fourth-order valence-electron chi connectivity index (χ4n) is 2.39. The maximum absolute atomic E-state index is 12.2. The van der Waals surface area contributed by atoms with Crippen molar-refractivity contribution in [1.29, 1.82) is 0 Å². The van der Waals surface area contributed by atoms with Gasteiger partial charge < -0.3 is 9.26 Å². The number of sulfonamides is 1. The van der Waals surface area contributed by atoms with E-state index in [4.69, 9.17) is 9.26 Å². The molecule has 3 rings (SSSR count). The minimum Gasteiger partial charge on any atom is -0.496 e. The number of hydrogen-bond acceptors (Lipinski definition) is 6. The Kier molecular flexibility index (Phi) is 5.34. The molecule has 0 amide bonds. The van der Waals surface area contributed by atoms with Crippen LogP contribution >= 0.6 is 0 Å². The lowest BCUT2D eigenvalue weighted by Gasteiger charge is -2.05. The summed E-state index contributed by atoms with van der Waals surface area (Å²) in [4.78, 5) is 4.53. The summed E-state index contributed by atoms with van der Waals surface area (Å²) in [6.45, 7) is 2.06. The molecule has 0 spiro atoms. The molecule has 0 radical (unpaired) electrons. The molecule has 136 valence electrons. The quantitative estimate of drug-likeness (QED) is 0.684. The highest BCUT2D eigenvalue weighted by Crippen LogP contribution is 2.27. The molecule has 3 aromatic rings. The Morgan fingerprint density at radius 2 is 1.85 bits per heavy atom. The SMILES string of the molecule is COc1ccccc1-c1noc(CCNS(=O)(=O)c2ccc(C)cc2)n1. The standard InChI is InChI=1S/C18H19N3O4S/c1-13-7-9-14(10-8-13)26(22,23)19-12-11-17-20-18(21-25-17)15-5-3-4-6-16(15)24-2/h3-10,19H,11-12H2,1-2H3. The molecule has 8 heteroatoms. The largest absolute Gasteiger partial charge is 0.496 e. The molecule has 1 aromatic heterocycles. The van der Waals surface area contributed by atoms with E-state index in [9.17, 15) is 8.42 Å². The van der Waals surface area contributed by atoms with Crippen LogP contribution in [0.4, 0.5) is 0 Å². The summed E-state index contributed by atoms with van der Waals surface area (Å²) in [5, 5.41) is 3.93. The third-order valence-corrected chi connectivity index (χ3v) is 5.26. The van der Waals surface area contributed by atoms with Gasteiger partial charge >= 0.3 is 0 Å². The van der Waals surface area contributed by atoms with Gasteiger partial charge in [0.15, 0.2) is 0 Å². The number of nitrogens with one attached hydrogen (secondary N) is 1. The molecule has 1 N–H and O–H groups in total. The number of para-hydroxylation sites is 1. The molecule has 0 saturated carbocycles. The van der Waals surface area contributed by atoms with Crippen LogP contribution in [0.15, 0.2) is 57.9 Å². The number of aryl methyl sites for hydroxylation is 1. The summed E-state index contributed by atoms with van der Waals surface area (Å²) < 4.78 is 37.5. The Morgan fingerprint density at radius 1 is 1.12 bits per heavy atom. The maximum Gasteiger partial charge on any atom is 0.240 e. The minimum absolute atomic E-state index is 0.157. The number of ether oxygens (including phenoxy) is 1. The topological polar surface area (TPSA) is 94.3 Å². The molecule has 0 unspecified atom stereocenters. The number of methoxy groups -OCH3 is 1. The van der Waals surface area contributed by atoms with Crippen LogP contribution in [0.1, 0.15) is 11.5 Å². The summed E-state index contributed by atoms with van der Waals surface area (Å²) in [5.41, 5.74) is 1.71. The Bertz CT molecular complexity index is 982. The van der Waals surface area contributed by atoms with E-state index >= 15 is 0 Å². The molecule has 0 aliphatic rings. The minimum atomic E-state index is -3.56. The van der Waals surface area contributed by atoms with Crippen LogP contribution in [0.2, 0.25) is 0 Å². The molecule has 0 saturated heterocycles. The predicted molar refractivity (Wildman–Crippen MR) is 96.4 cm³/mol. The first-order valence-electron chi connectivity index (χ1n) is 8.02. The number of benzene rings is 2. The highest BCUT2D eigenvalue weighted by molar-refractivity contribution is 7.89. The molecule has 1 heterocycles. The van der Waals surface area contributed by atoms with E-state index in [1.54, 1.807) is 37.4 Å². The van der Waals surface area contributed by atoms with E-state index in [0.29, 0.717) is 23.0 Å². The van der Waals surface area contributed by atoms with Crippen LogP contribution < -0.4 is 9.46 Å². The molecule has 26 heavy (non-hydrogen) atoms. The average molecular weight is 373 g/mol. The molecule has 2 aromatic carbocycles. The second-order valence-electron chi connectivity index (χ2n) is 5.67. The summed E-state index contributed by atoms with van der Waals surface area (Å²) in [6.07, 6.45) is 0.285. The summed E-state index contributed by atoms with van der Waals surface area (Å²) in [6, 6.07) is 14.0. The lowest BCUT2D eigenvalue weighted by Crippen LogP contribution is -2.26. The van der Waals surface area contributed by atoms with Crippen molar-refractivity contribution in [3.8, 4) is 17.1 Å². The van der Waals surface area contributed by atoms with Crippen LogP contribution in [-0.4, -0.2) is 32.2 Å². The van der Waals surface area contributed by atoms with Gasteiger partial charge in [-0.3, -0.25) is 0 Å². The summed E-state index contributed by atoms with van der Waals surface area (Å²) >= 11 is 0. The zero-order chi connectivity index (χ0) is 18.6. The Morgan fingerprint density at radius 3 is 2.58 bits per heavy atom. The third-order valence-electron chi connectivity index (χ3n) is 3.78. The van der Waals surface area contributed by atoms with E-state index in [-0.39, 0.29) is 17.9 Å². The van der Waals surface area contributed by atoms with Gasteiger partial charge in [-0.1, -0.05) is 35.0 Å². The summed E-state index contributed by atoms with van der Waals surface area (Å²) in [5.74, 6) is 1.39. The van der Waals surface area contributed by atoms with Crippen molar-refractivity contribution in [1.82, 2.24) is 14.9 Å². The predicted octanol–water partition coefficient (Wildman–Crippen LogP) is 2.57. The smallest absolute Gasteiger partial charge is 0.240 e. The zero-order valence-electron chi connectivity index (χ0n) is 14.5. The Hall–Kier alpha value is -2.71. The van der Waals surface area contributed by atoms with Crippen molar-refractivity contribution in [3.63, 3.8) is 0 Å². The van der Waals surface area contributed by atoms with Gasteiger partial charge in [0.05, 0.1) is 17.6 Å². The monoisotopic (exact) mass is 373 g/mol. The van der Waals surface area contributed by atoms with E-state index < -0.39 is 10.0 Å². The van der Waals surface area contributed by atoms with Gasteiger partial charge in [-0.25, -0.2) is 13.1 Å². The van der Waals surface area contributed by atoms with Crippen molar-refractivity contribution in [2.75, 3.05) is 13.7 Å². The zero-order valence-corrected chi connectivity index (χ0v) is 15.3. The van der Waals surface area contributed by atoms with E-state index in [1.165, 1.54) is 0 Å². The second-order valence-corrected chi connectivity index (χ2v) is 7.44. The lowest BCUT2D eigenvalue weighted by atomic mass is 10.2. The first-order valence-corrected chi connectivity index (χ1v) is 9.50. The molecule has 0 atom stereocenters. The van der Waals surface area contributed by atoms with Crippen molar-refractivity contribution in [2.24, 2.45) is 0 Å². The Balaban J connectivity index is 1.64. The van der Waals surface area contributed by atoms with E-state index in [0.717, 1.165) is 5.56 Å². The number of aromatic nitrogens is 2. The Labute approximate surface area is 152 Å². The van der Waals surface area contributed by atoms with E-state index in [2.05, 4.69) is 14.9 Å². The van der Waals surface area contributed by atoms with Gasteiger partial charge in [-0.15, -0.1) is 0 Å². The van der Waals surface area contributed by atoms with Crippen molar-refractivity contribution >= 4 is 10.0 Å². The van der Waals surface area contributed by atoms with Crippen LogP contribution in [0.3, 0.4) is 0 Å². The molecule has 7 nitrogen and oxygen atoms in total. The normalized spacial score (nSPS) is 11.5. The first-order chi connectivity index (χ1) is 12.5. The van der Waals surface area contributed by atoms with Gasteiger partial charge in [0.2, 0.25) is 21.7 Å². The van der Waals surface area contributed by atoms with Gasteiger partial charge in [0.25, 0.3) is 0 Å². The molecule has 0 aliphatic heterocycles. The molecular formula is C18H19N3O4S. The fourth-order valence-corrected chi connectivity index (χ4v) is 3.42. The number of hydrogen-bond donors (Lipinski definition) is 1. The lowest BCUT2D eigenvalue weighted by molar-refractivity contribution is 0.378. The molecule has 0 aliphatic carbocycles. The highest BCUT2D eigenvalue weighted by Gasteiger charge is 2.15. The van der Waals surface area contributed by atoms with Gasteiger partial charge in [-0.2, -0.15) is 4.98 Å². The van der Waals surface area contributed by atoms with Crippen molar-refractivity contribution < 1.29 is 17.7 Å². The van der Waals surface area contributed by atoms with Gasteiger partial charge in [-0.05, 0) is 31.2 Å². The van der Waals surface area contributed by atoms with Crippen LogP contribution in [0, 0.1) is 6.92 Å². The highest BCUT2D eigenvalue weighted by atomic mass is 32.2. The van der Waals surface area contributed by atoms with Gasteiger partial charge in [0, 0.05) is 13.0 Å². The maximum atomic E-state index is 12.2. The summed E-state index contributed by atoms with van der Waals surface area (Å²) in [7, 11) is -1.99. The van der Waals surface area contributed by atoms with E-state index in [1.807, 2.05) is 25.1 Å². The fraction of sp³-hybridized carbons (Fsp3) is 0.222. The molecule has 0 bridgehead atoms. The van der Waals surface area contributed by atoms with Crippen LogP contribution in [0.25, 0.3) is 11.4 Å². The first kappa shape index (κ1) is 18.1. The number of nitrogens with zero attached hydrogens (tertiary/aromatic N) is 2. The van der Waals surface area contributed by atoms with Gasteiger partial charge in [0.1, 0.15) is 5.75 Å². The average Bonchev–Trinajstić information content (AvgIpc) is 3.10. The van der Waals surface area contributed by atoms with Crippen LogP contribution in [-0.2, 0) is 16.4 Å². The van der Waals surface area contributed by atoms with Crippen LogP contribution in [0.5, 0.6) is 5.75 Å².